The van der Waals surface area contributed by atoms with Crippen molar-refractivity contribution in [1.82, 2.24) is 30.8 Å². The van der Waals surface area contributed by atoms with Gasteiger partial charge in [0, 0.05) is 23.4 Å². The molecule has 2 saturated carbocycles. The van der Waals surface area contributed by atoms with Crippen LogP contribution < -0.4 is 10.6 Å². The molecule has 2 aliphatic carbocycles. The van der Waals surface area contributed by atoms with Gasteiger partial charge in [-0.2, -0.15) is 9.49 Å². The van der Waals surface area contributed by atoms with Gasteiger partial charge in [-0.1, -0.05) is 5.16 Å². The molecule has 0 radical (unpaired) electrons. The van der Waals surface area contributed by atoms with Crippen molar-refractivity contribution < 1.29 is 23.7 Å². The van der Waals surface area contributed by atoms with Crippen LogP contribution in [0.5, 0.6) is 0 Å². The summed E-state index contributed by atoms with van der Waals surface area (Å²) in [4.78, 5) is 30.6. The lowest BCUT2D eigenvalue weighted by atomic mass is 9.88. The molecule has 2 aliphatic rings. The minimum absolute atomic E-state index is 0.00373. The number of carbonyl (C=O) groups is 2. The summed E-state index contributed by atoms with van der Waals surface area (Å²) >= 11 is 0. The van der Waals surface area contributed by atoms with Crippen LogP contribution in [0.3, 0.4) is 0 Å². The quantitative estimate of drug-likeness (QED) is 0.286. The second kappa shape index (κ2) is 10.4. The van der Waals surface area contributed by atoms with Gasteiger partial charge in [-0.15, -0.1) is 0 Å². The van der Waals surface area contributed by atoms with Gasteiger partial charge >= 0.3 is 0 Å². The minimum Gasteiger partial charge on any atom is -0.396 e. The third-order valence-corrected chi connectivity index (χ3v) is 7.13. The van der Waals surface area contributed by atoms with E-state index in [1.54, 1.807) is 26.0 Å². The first-order valence-electron chi connectivity index (χ1n) is 12.6. The Balaban J connectivity index is 1.37. The zero-order valence-corrected chi connectivity index (χ0v) is 20.8. The number of nitrogens with one attached hydrogen (secondary N) is 3. The monoisotopic (exact) mass is 511 g/mol. The molecule has 0 spiro atoms. The number of amides is 2. The molecule has 4 N–H and O–H groups in total. The molecule has 0 bridgehead atoms. The predicted molar refractivity (Wildman–Crippen MR) is 130 cm³/mol. The van der Waals surface area contributed by atoms with Gasteiger partial charge in [0.15, 0.2) is 5.69 Å². The number of nitrogens with zero attached hydrogens (tertiary/aromatic N) is 4. The Morgan fingerprint density at radius 3 is 2.51 bits per heavy atom. The van der Waals surface area contributed by atoms with Crippen molar-refractivity contribution in [3.63, 3.8) is 0 Å². The molecule has 2 fully saturated rings. The highest BCUT2D eigenvalue weighted by Gasteiger charge is 2.48. The van der Waals surface area contributed by atoms with E-state index < -0.39 is 23.8 Å². The fourth-order valence-corrected chi connectivity index (χ4v) is 5.07. The van der Waals surface area contributed by atoms with E-state index in [0.29, 0.717) is 41.6 Å². The van der Waals surface area contributed by atoms with E-state index in [1.165, 1.54) is 0 Å². The number of aromatic amines is 1. The van der Waals surface area contributed by atoms with Crippen molar-refractivity contribution >= 4 is 17.6 Å². The molecule has 1 atom stereocenters. The van der Waals surface area contributed by atoms with Crippen LogP contribution >= 0.6 is 0 Å². The summed E-state index contributed by atoms with van der Waals surface area (Å²) in [6, 6.07) is 2.25. The van der Waals surface area contributed by atoms with Crippen LogP contribution in [0.4, 0.5) is 10.2 Å². The number of H-pyrrole nitrogens is 1. The Labute approximate surface area is 212 Å². The van der Waals surface area contributed by atoms with Gasteiger partial charge in [0.1, 0.15) is 17.6 Å². The number of halogens is 1. The van der Waals surface area contributed by atoms with Crippen molar-refractivity contribution in [1.29, 1.82) is 0 Å². The Hall–Kier alpha value is -3.67. The number of aliphatic hydroxyl groups is 1. The van der Waals surface area contributed by atoms with Crippen molar-refractivity contribution in [3.8, 4) is 11.1 Å². The normalized spacial score (nSPS) is 16.1. The van der Waals surface area contributed by atoms with Crippen LogP contribution in [0.1, 0.15) is 59.7 Å². The average molecular weight is 512 g/mol. The number of rotatable bonds is 11. The molecule has 3 aromatic rings. The number of aliphatic hydroxyl groups excluding tert-OH is 1. The molecule has 5 rings (SSSR count). The fourth-order valence-electron chi connectivity index (χ4n) is 5.07. The third kappa shape index (κ3) is 5.38. The van der Waals surface area contributed by atoms with Gasteiger partial charge in [0.05, 0.1) is 5.69 Å². The summed E-state index contributed by atoms with van der Waals surface area (Å²) in [6.07, 6.45) is 4.71. The molecule has 196 valence electrons. The van der Waals surface area contributed by atoms with Crippen molar-refractivity contribution in [2.75, 3.05) is 11.9 Å². The zero-order valence-electron chi connectivity index (χ0n) is 20.8. The topological polar surface area (TPSA) is 159 Å². The second-order valence-corrected chi connectivity index (χ2v) is 9.92. The molecule has 37 heavy (non-hydrogen) atoms. The lowest BCUT2D eigenvalue weighted by Crippen LogP contribution is -2.50. The van der Waals surface area contributed by atoms with Gasteiger partial charge < -0.3 is 15.7 Å². The highest BCUT2D eigenvalue weighted by Crippen LogP contribution is 2.51. The van der Waals surface area contributed by atoms with Crippen LogP contribution in [0, 0.1) is 37.5 Å². The molecule has 3 aromatic heterocycles. The number of anilines is 1. The van der Waals surface area contributed by atoms with Gasteiger partial charge in [0.2, 0.25) is 11.9 Å². The Morgan fingerprint density at radius 2 is 1.92 bits per heavy atom. The Bertz CT molecular complexity index is 1270. The molecule has 0 unspecified atom stereocenters. The molecule has 0 aliphatic heterocycles. The molecule has 2 amide bonds. The maximum absolute atomic E-state index is 15.0. The molecule has 3 heterocycles. The first kappa shape index (κ1) is 25.0. The van der Waals surface area contributed by atoms with Gasteiger partial charge in [-0.25, -0.2) is 9.61 Å². The smallest absolute Gasteiger partial charge is 0.276 e. The molecule has 0 saturated heterocycles. The van der Waals surface area contributed by atoms with E-state index in [0.717, 1.165) is 31.4 Å². The second-order valence-electron chi connectivity index (χ2n) is 9.92. The van der Waals surface area contributed by atoms with E-state index >= 15 is 0 Å². The molecular weight excluding hydrogens is 481 g/mol. The lowest BCUT2D eigenvalue weighted by molar-refractivity contribution is -0.119. The van der Waals surface area contributed by atoms with E-state index in [9.17, 15) is 14.0 Å². The first-order chi connectivity index (χ1) is 17.9. The van der Waals surface area contributed by atoms with Crippen molar-refractivity contribution in [3.05, 3.63) is 40.9 Å². The highest BCUT2D eigenvalue weighted by atomic mass is 19.1. The van der Waals surface area contributed by atoms with Gasteiger partial charge in [0.25, 0.3) is 5.91 Å². The number of aromatic nitrogens is 5. The lowest BCUT2D eigenvalue weighted by Gasteiger charge is -2.27. The number of aryl methyl sites for hydroxylation is 3. The van der Waals surface area contributed by atoms with Crippen LogP contribution in [0.2, 0.25) is 0 Å². The Kier molecular flexibility index (Phi) is 7.00. The summed E-state index contributed by atoms with van der Waals surface area (Å²) in [5, 5.41) is 29.1. The predicted octanol–water partition coefficient (Wildman–Crippen LogP) is 2.71. The van der Waals surface area contributed by atoms with Crippen LogP contribution in [0.15, 0.2) is 16.8 Å². The van der Waals surface area contributed by atoms with E-state index in [1.807, 2.05) is 0 Å². The number of pyridine rings is 1. The minimum atomic E-state index is -0.849. The SMILES string of the molecule is Cc1n[nH]c(C)c1-c1ccc(NC(=O)[C@@H](NC(=O)c2nonc2CCCO)C(C2CC2)C2CC2)nc1F. The van der Waals surface area contributed by atoms with Crippen LogP contribution in [-0.4, -0.2) is 55.1 Å². The summed E-state index contributed by atoms with van der Waals surface area (Å²) in [7, 11) is 0. The van der Waals surface area contributed by atoms with Gasteiger partial charge in [-0.05, 0) is 87.4 Å². The maximum atomic E-state index is 15.0. The summed E-state index contributed by atoms with van der Waals surface area (Å²) in [5.41, 5.74) is 2.61. The summed E-state index contributed by atoms with van der Waals surface area (Å²) in [5.74, 6) is -1.05. The van der Waals surface area contributed by atoms with E-state index in [-0.39, 0.29) is 29.6 Å². The summed E-state index contributed by atoms with van der Waals surface area (Å²) < 4.78 is 19.7. The Morgan fingerprint density at radius 1 is 1.19 bits per heavy atom. The first-order valence-corrected chi connectivity index (χ1v) is 12.6. The molecule has 0 aromatic carbocycles. The van der Waals surface area contributed by atoms with Crippen molar-refractivity contribution in [2.24, 2.45) is 17.8 Å². The number of hydrogen-bond acceptors (Lipinski definition) is 8. The number of carbonyl (C=O) groups excluding carboxylic acids is 2. The van der Waals surface area contributed by atoms with Gasteiger partial charge in [-0.3, -0.25) is 14.7 Å². The average Bonchev–Trinajstić information content (AvgIpc) is 3.80. The van der Waals surface area contributed by atoms with E-state index in [4.69, 9.17) is 9.74 Å². The van der Waals surface area contributed by atoms with Crippen molar-refractivity contribution in [2.45, 2.75) is 58.4 Å². The fraction of sp³-hybridized carbons (Fsp3) is 0.520. The summed E-state index contributed by atoms with van der Waals surface area (Å²) in [6.45, 7) is 3.51. The number of hydrogen-bond donors (Lipinski definition) is 4. The third-order valence-electron chi connectivity index (χ3n) is 7.13. The maximum Gasteiger partial charge on any atom is 0.276 e. The van der Waals surface area contributed by atoms with Crippen LogP contribution in [-0.2, 0) is 11.2 Å². The molecule has 11 nitrogen and oxygen atoms in total. The van der Waals surface area contributed by atoms with Crippen LogP contribution in [0.25, 0.3) is 11.1 Å². The standard InChI is InChI=1S/C25H30FN7O4/c1-12-19(13(2)31-30-12)16-9-10-18(27-23(16)26)28-25(36)22(20(14-5-6-14)15-7-8-15)29-24(35)21-17(4-3-11-34)32-37-33-21/h9-10,14-15,20,22,34H,3-8,11H2,1-2H3,(H,29,35)(H,30,31)(H,27,28,36)/t22-/m0/s1. The largest absolute Gasteiger partial charge is 0.396 e. The molecule has 12 heteroatoms. The molecular formula is C25H30FN7O4. The van der Waals surface area contributed by atoms with E-state index in [2.05, 4.69) is 36.1 Å². The highest BCUT2D eigenvalue weighted by molar-refractivity contribution is 6.00. The zero-order chi connectivity index (χ0) is 26.1.